The van der Waals surface area contributed by atoms with Gasteiger partial charge in [0.1, 0.15) is 11.4 Å². The van der Waals surface area contributed by atoms with Gasteiger partial charge in [-0.05, 0) is 156 Å². The molecule has 76 heavy (non-hydrogen) atoms. The third-order valence-electron chi connectivity index (χ3n) is 12.8. The van der Waals surface area contributed by atoms with E-state index in [1.165, 1.54) is 0 Å². The Morgan fingerprint density at radius 3 is 1.49 bits per heavy atom. The summed E-state index contributed by atoms with van der Waals surface area (Å²) in [5, 5.41) is 31.6. The Bertz CT molecular complexity index is 3480. The molecule has 1 aliphatic heterocycles. The molecule has 0 spiro atoms. The number of fused-ring (bicyclic) bond motifs is 2. The van der Waals surface area contributed by atoms with Crippen LogP contribution < -0.4 is 25.9 Å². The molecule has 386 valence electrons. The molecular weight excluding hydrogens is 1030 g/mol. The predicted molar refractivity (Wildman–Crippen MR) is 294 cm³/mol. The Balaban J connectivity index is 0.000000173. The van der Waals surface area contributed by atoms with E-state index < -0.39 is 7.12 Å². The molecule has 2 N–H and O–H groups in total. The average Bonchev–Trinajstić information content (AvgIpc) is 4.09. The minimum absolute atomic E-state index is 0.0185. The number of hydrogen-bond donors (Lipinski definition) is 2. The first-order chi connectivity index (χ1) is 36.2. The van der Waals surface area contributed by atoms with Gasteiger partial charge in [-0.15, -0.1) is 0 Å². The average molecular weight is 1080 g/mol. The Kier molecular flexibility index (Phi) is 16.9. The Morgan fingerprint density at radius 1 is 0.618 bits per heavy atom. The van der Waals surface area contributed by atoms with E-state index in [-0.39, 0.29) is 46.9 Å². The number of amides is 4. The zero-order valence-corrected chi connectivity index (χ0v) is 45.3. The number of aromatic nitrogens is 6. The van der Waals surface area contributed by atoms with Crippen molar-refractivity contribution in [1.82, 2.24) is 39.8 Å². The Morgan fingerprint density at radius 2 is 1.07 bits per heavy atom. The maximum atomic E-state index is 13.5. The second-order valence-corrected chi connectivity index (χ2v) is 19.9. The van der Waals surface area contributed by atoms with E-state index in [1.54, 1.807) is 161 Å². The van der Waals surface area contributed by atoms with E-state index in [2.05, 4.69) is 58.9 Å². The van der Waals surface area contributed by atoms with Crippen molar-refractivity contribution in [3.05, 3.63) is 172 Å². The largest absolute Gasteiger partial charge is 0.496 e. The van der Waals surface area contributed by atoms with Crippen molar-refractivity contribution in [2.45, 2.75) is 78.7 Å². The lowest BCUT2D eigenvalue weighted by atomic mass is 9.80. The summed E-state index contributed by atoms with van der Waals surface area (Å²) >= 11 is 3.44. The highest BCUT2D eigenvalue weighted by Crippen LogP contribution is 2.36. The van der Waals surface area contributed by atoms with Crippen molar-refractivity contribution in [2.75, 3.05) is 23.9 Å². The van der Waals surface area contributed by atoms with E-state index in [0.717, 1.165) is 43.5 Å². The van der Waals surface area contributed by atoms with Gasteiger partial charge in [0.05, 0.1) is 62.4 Å². The molecule has 1 aliphatic rings. The van der Waals surface area contributed by atoms with Crippen LogP contribution in [0.1, 0.15) is 108 Å². The molecule has 1 saturated heterocycles. The molecule has 0 atom stereocenters. The maximum Gasteiger partial charge on any atom is 0.496 e. The van der Waals surface area contributed by atoms with Gasteiger partial charge in [0.25, 0.3) is 23.6 Å². The lowest BCUT2D eigenvalue weighted by Gasteiger charge is -2.32. The highest BCUT2D eigenvalue weighted by atomic mass is 79.9. The summed E-state index contributed by atoms with van der Waals surface area (Å²) in [6, 6.07) is 32.1. The lowest BCUT2D eigenvalue weighted by Crippen LogP contribution is -2.41. The zero-order valence-electron chi connectivity index (χ0n) is 43.7. The lowest BCUT2D eigenvalue weighted by molar-refractivity contribution is 0.00578. The summed E-state index contributed by atoms with van der Waals surface area (Å²) in [7, 11) is 2.68. The quantitative estimate of drug-likeness (QED) is 0.123. The first kappa shape index (κ1) is 55.2. The summed E-state index contributed by atoms with van der Waals surface area (Å²) in [5.41, 5.74) is 7.62. The normalized spacial score (nSPS) is 13.2. The molecule has 0 bridgehead atoms. The fraction of sp³-hybridized carbons (Fsp3) is 0.250. The van der Waals surface area contributed by atoms with Crippen molar-refractivity contribution in [1.29, 1.82) is 10.5 Å². The summed E-state index contributed by atoms with van der Waals surface area (Å²) in [4.78, 5) is 61.5. The number of carbonyl (C=O) groups is 4. The van der Waals surface area contributed by atoms with Crippen molar-refractivity contribution < 1.29 is 28.5 Å². The fourth-order valence-electron chi connectivity index (χ4n) is 7.99. The molecule has 18 nitrogen and oxygen atoms in total. The number of halogens is 1. The number of pyridine rings is 4. The van der Waals surface area contributed by atoms with Gasteiger partial charge in [0, 0.05) is 90.1 Å². The third-order valence-corrected chi connectivity index (χ3v) is 13.4. The summed E-state index contributed by atoms with van der Waals surface area (Å²) in [6.07, 6.45) is 10.2. The SMILES string of the molecule is CC(C)N(C(=O)c1ccn2ncc(Br)c2c1)c1ccc(C#N)cc1.CNC(=O)c1ccc(-c2cnn3ccc(C(=O)N(c4ccc(C#N)cc4)C(C)C)cc23)cn1.CNC(=O)c1ccc(B2OC(C)(C)C(C)(C)O2)cn1. The second kappa shape index (κ2) is 23.3. The molecule has 2 aromatic carbocycles. The van der Waals surface area contributed by atoms with Crippen LogP contribution in [0.5, 0.6) is 0 Å². The fourth-order valence-corrected chi connectivity index (χ4v) is 8.38. The minimum Gasteiger partial charge on any atom is -0.399 e. The molecule has 0 aliphatic carbocycles. The minimum atomic E-state index is -0.448. The van der Waals surface area contributed by atoms with Crippen LogP contribution >= 0.6 is 15.9 Å². The number of carbonyl (C=O) groups excluding carboxylic acids is 4. The van der Waals surface area contributed by atoms with Crippen LogP contribution in [0.3, 0.4) is 0 Å². The van der Waals surface area contributed by atoms with E-state index in [9.17, 15) is 19.2 Å². The van der Waals surface area contributed by atoms with Crippen LogP contribution in [0, 0.1) is 22.7 Å². The molecule has 0 radical (unpaired) electrons. The molecule has 9 rings (SSSR count). The van der Waals surface area contributed by atoms with E-state index in [4.69, 9.17) is 19.8 Å². The van der Waals surface area contributed by atoms with Crippen LogP contribution in [0.25, 0.3) is 22.2 Å². The van der Waals surface area contributed by atoms with Gasteiger partial charge in [-0.1, -0.05) is 12.1 Å². The summed E-state index contributed by atoms with van der Waals surface area (Å²) in [5.74, 6) is -0.714. The van der Waals surface area contributed by atoms with Gasteiger partial charge in [-0.3, -0.25) is 29.1 Å². The third kappa shape index (κ3) is 12.0. The molecule has 1 fully saturated rings. The number of hydrogen-bond acceptors (Lipinski definition) is 12. The molecule has 7 heterocycles. The monoisotopic (exact) mass is 1080 g/mol. The van der Waals surface area contributed by atoms with E-state index in [0.29, 0.717) is 33.6 Å². The van der Waals surface area contributed by atoms with Gasteiger partial charge in [0.2, 0.25) is 0 Å². The smallest absolute Gasteiger partial charge is 0.399 e. The molecule has 0 unspecified atom stereocenters. The Labute approximate surface area is 449 Å². The van der Waals surface area contributed by atoms with Crippen LogP contribution in [0.4, 0.5) is 11.4 Å². The summed E-state index contributed by atoms with van der Waals surface area (Å²) < 4.78 is 16.1. The number of nitrogens with zero attached hydrogens (tertiary/aromatic N) is 10. The van der Waals surface area contributed by atoms with Crippen molar-refractivity contribution in [3.63, 3.8) is 0 Å². The van der Waals surface area contributed by atoms with Crippen molar-refractivity contribution in [3.8, 4) is 23.3 Å². The van der Waals surface area contributed by atoms with Gasteiger partial charge >= 0.3 is 7.12 Å². The van der Waals surface area contributed by atoms with Crippen molar-refractivity contribution in [2.24, 2.45) is 0 Å². The first-order valence-corrected chi connectivity index (χ1v) is 25.0. The van der Waals surface area contributed by atoms with Gasteiger partial charge in [-0.2, -0.15) is 20.7 Å². The van der Waals surface area contributed by atoms with Gasteiger partial charge < -0.3 is 29.7 Å². The van der Waals surface area contributed by atoms with E-state index in [1.807, 2.05) is 61.5 Å². The number of nitriles is 2. The Hall–Kier alpha value is -8.56. The topological polar surface area (TPSA) is 225 Å². The van der Waals surface area contributed by atoms with Gasteiger partial charge in [-0.25, -0.2) is 9.03 Å². The van der Waals surface area contributed by atoms with Crippen LogP contribution in [0.2, 0.25) is 0 Å². The van der Waals surface area contributed by atoms with Crippen LogP contribution in [-0.2, 0) is 9.31 Å². The van der Waals surface area contributed by atoms with Crippen LogP contribution in [0.15, 0.2) is 139 Å². The summed E-state index contributed by atoms with van der Waals surface area (Å²) in [6.45, 7) is 15.8. The molecule has 0 saturated carbocycles. The van der Waals surface area contributed by atoms with Crippen molar-refractivity contribution >= 4 is 74.5 Å². The zero-order chi connectivity index (χ0) is 55.1. The predicted octanol–water partition coefficient (Wildman–Crippen LogP) is 8.45. The number of rotatable bonds is 10. The maximum absolute atomic E-state index is 13.5. The molecular formula is C56H56BBrN12O6. The number of benzene rings is 2. The highest BCUT2D eigenvalue weighted by Gasteiger charge is 2.51. The van der Waals surface area contributed by atoms with Gasteiger partial charge in [0.15, 0.2) is 0 Å². The second-order valence-electron chi connectivity index (χ2n) is 19.1. The number of anilines is 2. The highest BCUT2D eigenvalue weighted by molar-refractivity contribution is 9.10. The van der Waals surface area contributed by atoms with Crippen LogP contribution in [-0.4, -0.2) is 97.3 Å². The molecule has 8 aromatic rings. The molecule has 20 heteroatoms. The first-order valence-electron chi connectivity index (χ1n) is 24.2. The standard InChI is InChI=1S/C25H22N6O2.C18H15BrN4O.C13H19BN2O3/c1-16(2)31(20-7-4-17(13-26)5-8-20)25(33)18-10-11-30-23(12-18)21(15-29-30)19-6-9-22(28-14-19)24(32)27-3;1-12(2)23(15-5-3-13(10-20)4-6-15)18(24)14-7-8-22-17(9-14)16(19)11-21-22;1-12(2)13(3,4)19-14(18-12)9-6-7-10(16-8-9)11(17)15-5/h4-12,14-16H,1-3H3,(H,27,32);3-9,11-12H,1-2H3;6-8H,1-5H3,(H,15,17). The molecule has 6 aromatic heterocycles. The molecule has 4 amide bonds. The van der Waals surface area contributed by atoms with E-state index >= 15 is 0 Å². The number of nitrogens with one attached hydrogen (secondary N) is 2.